The van der Waals surface area contributed by atoms with E-state index in [2.05, 4.69) is 26.3 Å². The first kappa shape index (κ1) is 13.4. The van der Waals surface area contributed by atoms with Crippen LogP contribution in [0.15, 0.2) is 29.9 Å². The van der Waals surface area contributed by atoms with E-state index in [1.54, 1.807) is 11.3 Å². The van der Waals surface area contributed by atoms with Gasteiger partial charge in [0.1, 0.15) is 5.82 Å². The van der Waals surface area contributed by atoms with Gasteiger partial charge in [-0.3, -0.25) is 4.79 Å². The average Bonchev–Trinajstić information content (AvgIpc) is 3.08. The summed E-state index contributed by atoms with van der Waals surface area (Å²) in [5.41, 5.74) is 0. The number of hydrogen-bond donors (Lipinski definition) is 1. The van der Waals surface area contributed by atoms with E-state index in [1.165, 1.54) is 4.88 Å². The molecule has 0 fully saturated rings. The quantitative estimate of drug-likeness (QED) is 0.938. The van der Waals surface area contributed by atoms with Crippen LogP contribution in [0, 0.1) is 5.92 Å². The van der Waals surface area contributed by atoms with E-state index >= 15 is 0 Å². The summed E-state index contributed by atoms with van der Waals surface area (Å²) >= 11 is 1.71. The van der Waals surface area contributed by atoms with Crippen LogP contribution in [-0.4, -0.2) is 21.5 Å². The Bertz CT molecular complexity index is 576. The Balaban J connectivity index is 1.54. The van der Waals surface area contributed by atoms with Crippen LogP contribution >= 0.6 is 11.3 Å². The van der Waals surface area contributed by atoms with Gasteiger partial charge in [0.15, 0.2) is 0 Å². The molecule has 0 saturated heterocycles. The second-order valence-electron chi connectivity index (χ2n) is 5.42. The van der Waals surface area contributed by atoms with Crippen LogP contribution in [0.1, 0.15) is 24.0 Å². The maximum atomic E-state index is 12.3. The summed E-state index contributed by atoms with van der Waals surface area (Å²) in [6, 6.07) is 4.36. The van der Waals surface area contributed by atoms with Crippen LogP contribution in [0.3, 0.4) is 0 Å². The minimum Gasteiger partial charge on any atom is -0.351 e. The predicted octanol–water partition coefficient (Wildman–Crippen LogP) is 2.25. The van der Waals surface area contributed by atoms with Gasteiger partial charge in [0, 0.05) is 42.2 Å². The molecule has 1 aliphatic rings. The Labute approximate surface area is 122 Å². The molecule has 0 radical (unpaired) electrons. The number of thiophene rings is 1. The number of amides is 1. The summed E-state index contributed by atoms with van der Waals surface area (Å²) in [7, 11) is 0. The topological polar surface area (TPSA) is 46.9 Å². The Morgan fingerprint density at radius 3 is 3.35 bits per heavy atom. The third kappa shape index (κ3) is 2.93. The zero-order valence-electron chi connectivity index (χ0n) is 11.6. The fraction of sp³-hybridized carbons (Fsp3) is 0.467. The molecule has 3 rings (SSSR count). The Hall–Kier alpha value is -1.62. The first-order chi connectivity index (χ1) is 9.72. The van der Waals surface area contributed by atoms with Gasteiger partial charge in [0.25, 0.3) is 0 Å². The fourth-order valence-electron chi connectivity index (χ4n) is 2.65. The lowest BCUT2D eigenvalue weighted by Crippen LogP contribution is -2.43. The number of carbonyl (C=O) groups is 1. The number of imidazole rings is 1. The van der Waals surface area contributed by atoms with E-state index in [1.807, 2.05) is 25.4 Å². The first-order valence-electron chi connectivity index (χ1n) is 7.05. The lowest BCUT2D eigenvalue weighted by Gasteiger charge is -2.26. The van der Waals surface area contributed by atoms with E-state index in [0.29, 0.717) is 0 Å². The summed E-state index contributed by atoms with van der Waals surface area (Å²) in [6.07, 6.45) is 6.57. The van der Waals surface area contributed by atoms with Crippen molar-refractivity contribution < 1.29 is 4.79 Å². The molecule has 2 aromatic heterocycles. The second kappa shape index (κ2) is 5.79. The molecule has 0 saturated carbocycles. The van der Waals surface area contributed by atoms with Crippen LogP contribution in [0.5, 0.6) is 0 Å². The van der Waals surface area contributed by atoms with Crippen LogP contribution in [-0.2, 0) is 24.2 Å². The van der Waals surface area contributed by atoms with Gasteiger partial charge in [0.05, 0.1) is 0 Å². The zero-order chi connectivity index (χ0) is 13.9. The summed E-state index contributed by atoms with van der Waals surface area (Å²) < 4.78 is 2.14. The van der Waals surface area contributed by atoms with Crippen molar-refractivity contribution in [1.82, 2.24) is 14.9 Å². The van der Waals surface area contributed by atoms with Crippen molar-refractivity contribution in [1.29, 1.82) is 0 Å². The van der Waals surface area contributed by atoms with Gasteiger partial charge < -0.3 is 9.88 Å². The molecule has 0 spiro atoms. The monoisotopic (exact) mass is 289 g/mol. The minimum atomic E-state index is 0.0258. The molecule has 0 bridgehead atoms. The van der Waals surface area contributed by atoms with Gasteiger partial charge in [-0.05, 0) is 24.3 Å². The summed E-state index contributed by atoms with van der Waals surface area (Å²) in [5.74, 6) is 1.31. The smallest absolute Gasteiger partial charge is 0.223 e. The van der Waals surface area contributed by atoms with Gasteiger partial charge in [0.2, 0.25) is 5.91 Å². The van der Waals surface area contributed by atoms with Crippen molar-refractivity contribution in [3.05, 3.63) is 40.6 Å². The van der Waals surface area contributed by atoms with E-state index < -0.39 is 0 Å². The molecule has 0 aromatic carbocycles. The van der Waals surface area contributed by atoms with Crippen LogP contribution in [0.4, 0.5) is 0 Å². The number of rotatable bonds is 4. The molecule has 20 heavy (non-hydrogen) atoms. The molecular weight excluding hydrogens is 270 g/mol. The highest BCUT2D eigenvalue weighted by Crippen LogP contribution is 2.16. The minimum absolute atomic E-state index is 0.0258. The fourth-order valence-corrected chi connectivity index (χ4v) is 3.49. The SMILES string of the molecule is C[C@@H](Cc1cccs1)C(=O)N[C@@H]1CCc2nccn2C1. The third-order valence-electron chi connectivity index (χ3n) is 3.82. The number of aromatic nitrogens is 2. The molecular formula is C15H19N3OS. The van der Waals surface area contributed by atoms with Gasteiger partial charge >= 0.3 is 0 Å². The Morgan fingerprint density at radius 2 is 2.55 bits per heavy atom. The van der Waals surface area contributed by atoms with Crippen molar-refractivity contribution in [2.75, 3.05) is 0 Å². The van der Waals surface area contributed by atoms with Crippen molar-refractivity contribution in [2.24, 2.45) is 5.92 Å². The van der Waals surface area contributed by atoms with E-state index in [4.69, 9.17) is 0 Å². The summed E-state index contributed by atoms with van der Waals surface area (Å²) in [6.45, 7) is 2.84. The molecule has 0 unspecified atom stereocenters. The highest BCUT2D eigenvalue weighted by Gasteiger charge is 2.22. The van der Waals surface area contributed by atoms with Gasteiger partial charge in [-0.25, -0.2) is 4.98 Å². The van der Waals surface area contributed by atoms with E-state index in [-0.39, 0.29) is 17.9 Å². The largest absolute Gasteiger partial charge is 0.351 e. The molecule has 106 valence electrons. The summed E-state index contributed by atoms with van der Waals surface area (Å²) in [4.78, 5) is 17.8. The Kier molecular flexibility index (Phi) is 3.87. The van der Waals surface area contributed by atoms with Gasteiger partial charge in [-0.15, -0.1) is 11.3 Å². The van der Waals surface area contributed by atoms with Crippen molar-refractivity contribution in [3.8, 4) is 0 Å². The molecule has 3 heterocycles. The van der Waals surface area contributed by atoms with Crippen molar-refractivity contribution in [2.45, 2.75) is 38.8 Å². The third-order valence-corrected chi connectivity index (χ3v) is 4.72. The Morgan fingerprint density at radius 1 is 1.65 bits per heavy atom. The van der Waals surface area contributed by atoms with Crippen LogP contribution < -0.4 is 5.32 Å². The van der Waals surface area contributed by atoms with Crippen molar-refractivity contribution in [3.63, 3.8) is 0 Å². The average molecular weight is 289 g/mol. The maximum Gasteiger partial charge on any atom is 0.223 e. The highest BCUT2D eigenvalue weighted by molar-refractivity contribution is 7.09. The van der Waals surface area contributed by atoms with E-state index in [0.717, 1.165) is 31.6 Å². The number of nitrogens with one attached hydrogen (secondary N) is 1. The number of hydrogen-bond acceptors (Lipinski definition) is 3. The molecule has 1 N–H and O–H groups in total. The molecule has 1 aliphatic heterocycles. The maximum absolute atomic E-state index is 12.3. The molecule has 4 nitrogen and oxygen atoms in total. The van der Waals surface area contributed by atoms with Crippen LogP contribution in [0.2, 0.25) is 0 Å². The second-order valence-corrected chi connectivity index (χ2v) is 6.46. The number of carbonyl (C=O) groups excluding carboxylic acids is 1. The van der Waals surface area contributed by atoms with Gasteiger partial charge in [-0.1, -0.05) is 13.0 Å². The normalized spacial score (nSPS) is 19.4. The van der Waals surface area contributed by atoms with E-state index in [9.17, 15) is 4.79 Å². The molecule has 2 atom stereocenters. The molecule has 5 heteroatoms. The first-order valence-corrected chi connectivity index (χ1v) is 7.93. The van der Waals surface area contributed by atoms with Crippen molar-refractivity contribution >= 4 is 17.2 Å². The lowest BCUT2D eigenvalue weighted by atomic mass is 10.0. The molecule has 2 aromatic rings. The number of nitrogens with zero attached hydrogens (tertiary/aromatic N) is 2. The van der Waals surface area contributed by atoms with Gasteiger partial charge in [-0.2, -0.15) is 0 Å². The number of aryl methyl sites for hydroxylation is 1. The van der Waals surface area contributed by atoms with Crippen LogP contribution in [0.25, 0.3) is 0 Å². The summed E-state index contributed by atoms with van der Waals surface area (Å²) in [5, 5.41) is 5.24. The zero-order valence-corrected chi connectivity index (χ0v) is 12.4. The standard InChI is InChI=1S/C15H19N3OS/c1-11(9-13-3-2-8-20-13)15(19)17-12-4-5-14-16-6-7-18(14)10-12/h2-3,6-8,11-12H,4-5,9-10H2,1H3,(H,17,19)/t11-,12+/m0/s1. The lowest BCUT2D eigenvalue weighted by molar-refractivity contribution is -0.125. The number of fused-ring (bicyclic) bond motifs is 1. The molecule has 1 amide bonds. The molecule has 0 aliphatic carbocycles. The highest BCUT2D eigenvalue weighted by atomic mass is 32.1. The predicted molar refractivity (Wildman–Crippen MR) is 79.7 cm³/mol.